The molecule has 0 unspecified atom stereocenters. The maximum atomic E-state index is 12.3. The summed E-state index contributed by atoms with van der Waals surface area (Å²) >= 11 is 0. The van der Waals surface area contributed by atoms with Crippen LogP contribution in [0.3, 0.4) is 0 Å². The molecule has 2 aliphatic rings. The summed E-state index contributed by atoms with van der Waals surface area (Å²) in [6, 6.07) is -0.444. The fourth-order valence-electron chi connectivity index (χ4n) is 3.83. The van der Waals surface area contributed by atoms with Crippen LogP contribution in [0.25, 0.3) is 0 Å². The van der Waals surface area contributed by atoms with Crippen LogP contribution < -0.4 is 4.72 Å². The van der Waals surface area contributed by atoms with Crippen LogP contribution in [0, 0.1) is 5.92 Å². The molecule has 0 aliphatic heterocycles. The number of sulfonamides is 1. The molecule has 0 aromatic rings. The van der Waals surface area contributed by atoms with E-state index in [1.807, 2.05) is 0 Å². The molecule has 7 heteroatoms. The van der Waals surface area contributed by atoms with Crippen molar-refractivity contribution in [3.05, 3.63) is 0 Å². The van der Waals surface area contributed by atoms with Gasteiger partial charge >= 0.3 is 0 Å². The van der Waals surface area contributed by atoms with Gasteiger partial charge in [-0.25, -0.2) is 21.6 Å². The van der Waals surface area contributed by atoms with Crippen LogP contribution in [0.1, 0.15) is 64.2 Å². The summed E-state index contributed by atoms with van der Waals surface area (Å²) < 4.78 is 51.0. The summed E-state index contributed by atoms with van der Waals surface area (Å²) in [5.41, 5.74) is 0. The number of rotatable bonds is 6. The Morgan fingerprint density at radius 2 is 1.45 bits per heavy atom. The van der Waals surface area contributed by atoms with Crippen LogP contribution in [0.4, 0.5) is 0 Å². The third-order valence-electron chi connectivity index (χ3n) is 5.10. The summed E-state index contributed by atoms with van der Waals surface area (Å²) in [4.78, 5) is 0. The molecule has 0 heterocycles. The highest BCUT2D eigenvalue weighted by Crippen LogP contribution is 2.27. The first-order valence-corrected chi connectivity index (χ1v) is 12.1. The van der Waals surface area contributed by atoms with Gasteiger partial charge in [0.15, 0.2) is 9.84 Å². The number of hydrogen-bond acceptors (Lipinski definition) is 4. The quantitative estimate of drug-likeness (QED) is 0.796. The van der Waals surface area contributed by atoms with Gasteiger partial charge in [-0.1, -0.05) is 44.9 Å². The molecule has 2 saturated carbocycles. The molecule has 2 aliphatic carbocycles. The highest BCUT2D eigenvalue weighted by atomic mass is 32.2. The van der Waals surface area contributed by atoms with Crippen molar-refractivity contribution in [2.24, 2.45) is 5.92 Å². The zero-order chi connectivity index (χ0) is 16.2. The first kappa shape index (κ1) is 18.2. The van der Waals surface area contributed by atoms with Gasteiger partial charge in [0.05, 0.1) is 11.0 Å². The van der Waals surface area contributed by atoms with E-state index in [9.17, 15) is 16.8 Å². The van der Waals surface area contributed by atoms with Crippen LogP contribution in [0.15, 0.2) is 0 Å². The summed E-state index contributed by atoms with van der Waals surface area (Å²) in [7, 11) is -6.60. The van der Waals surface area contributed by atoms with Crippen molar-refractivity contribution in [3.63, 3.8) is 0 Å². The first-order chi connectivity index (χ1) is 10.3. The molecule has 22 heavy (non-hydrogen) atoms. The SMILES string of the molecule is CS(=O)(=O)[C@@H]1CCCC[C@H]1NS(=O)(=O)CCC1CCCCC1. The smallest absolute Gasteiger partial charge is 0.211 e. The van der Waals surface area contributed by atoms with E-state index in [0.717, 1.165) is 25.7 Å². The standard InChI is InChI=1S/C15H29NO4S2/c1-21(17,18)15-10-6-5-9-14(15)16-22(19,20)12-11-13-7-3-2-4-8-13/h13-16H,2-12H2,1H3/t14-,15-/m1/s1. The third-order valence-corrected chi connectivity index (χ3v) is 8.20. The highest BCUT2D eigenvalue weighted by molar-refractivity contribution is 7.91. The Morgan fingerprint density at radius 1 is 0.864 bits per heavy atom. The van der Waals surface area contributed by atoms with Crippen LogP contribution >= 0.6 is 0 Å². The summed E-state index contributed by atoms with van der Waals surface area (Å²) in [5.74, 6) is 0.646. The lowest BCUT2D eigenvalue weighted by molar-refractivity contribution is 0.348. The third kappa shape index (κ3) is 5.49. The molecule has 2 rings (SSSR count). The van der Waals surface area contributed by atoms with Gasteiger partial charge in [-0.15, -0.1) is 0 Å². The fraction of sp³-hybridized carbons (Fsp3) is 1.00. The van der Waals surface area contributed by atoms with E-state index < -0.39 is 31.2 Å². The van der Waals surface area contributed by atoms with Crippen molar-refractivity contribution >= 4 is 19.9 Å². The Kier molecular flexibility index (Phi) is 6.30. The second-order valence-corrected chi connectivity index (χ2v) is 11.1. The predicted molar refractivity (Wildman–Crippen MR) is 89.0 cm³/mol. The lowest BCUT2D eigenvalue weighted by Crippen LogP contribution is -2.48. The zero-order valence-electron chi connectivity index (χ0n) is 13.5. The second-order valence-electron chi connectivity index (χ2n) is 6.99. The lowest BCUT2D eigenvalue weighted by Gasteiger charge is -2.31. The predicted octanol–water partition coefficient (Wildman–Crippen LogP) is 2.23. The summed E-state index contributed by atoms with van der Waals surface area (Å²) in [5, 5.41) is -0.564. The van der Waals surface area contributed by atoms with Crippen molar-refractivity contribution < 1.29 is 16.8 Å². The maximum Gasteiger partial charge on any atom is 0.211 e. The average molecular weight is 352 g/mol. The van der Waals surface area contributed by atoms with Crippen LogP contribution in [0.5, 0.6) is 0 Å². The summed E-state index contributed by atoms with van der Waals surface area (Å²) in [6.45, 7) is 0. The minimum atomic E-state index is -3.39. The zero-order valence-corrected chi connectivity index (χ0v) is 15.1. The van der Waals surface area contributed by atoms with Crippen molar-refractivity contribution in [3.8, 4) is 0 Å². The van der Waals surface area contributed by atoms with Gasteiger partial charge in [-0.05, 0) is 25.2 Å². The lowest BCUT2D eigenvalue weighted by atomic mass is 9.88. The van der Waals surface area contributed by atoms with Gasteiger partial charge in [0, 0.05) is 12.3 Å². The van der Waals surface area contributed by atoms with Gasteiger partial charge in [0.1, 0.15) is 0 Å². The van der Waals surface area contributed by atoms with Gasteiger partial charge in [-0.3, -0.25) is 0 Å². The monoisotopic (exact) mass is 351 g/mol. The molecule has 2 fully saturated rings. The minimum absolute atomic E-state index is 0.130. The largest absolute Gasteiger partial charge is 0.229 e. The van der Waals surface area contributed by atoms with Gasteiger partial charge < -0.3 is 0 Å². The Hall–Kier alpha value is -0.140. The Labute approximate surface area is 135 Å². The van der Waals surface area contributed by atoms with E-state index in [2.05, 4.69) is 4.72 Å². The van der Waals surface area contributed by atoms with E-state index in [4.69, 9.17) is 0 Å². The molecule has 1 N–H and O–H groups in total. The van der Waals surface area contributed by atoms with Gasteiger partial charge in [-0.2, -0.15) is 0 Å². The number of nitrogens with one attached hydrogen (secondary N) is 1. The first-order valence-electron chi connectivity index (χ1n) is 8.47. The van der Waals surface area contributed by atoms with Crippen LogP contribution in [-0.2, 0) is 19.9 Å². The van der Waals surface area contributed by atoms with Crippen molar-refractivity contribution in [2.45, 2.75) is 75.5 Å². The summed E-state index contributed by atoms with van der Waals surface area (Å²) in [6.07, 6.45) is 10.8. The Bertz CT molecular complexity index is 550. The van der Waals surface area contributed by atoms with Gasteiger partial charge in [0.25, 0.3) is 0 Å². The Morgan fingerprint density at radius 3 is 2.09 bits per heavy atom. The molecule has 0 spiro atoms. The number of hydrogen-bond donors (Lipinski definition) is 1. The molecular weight excluding hydrogens is 322 g/mol. The fourth-order valence-corrected chi connectivity index (χ4v) is 6.82. The topological polar surface area (TPSA) is 80.3 Å². The molecule has 0 aromatic heterocycles. The van der Waals surface area contributed by atoms with E-state index in [-0.39, 0.29) is 5.75 Å². The van der Waals surface area contributed by atoms with Crippen LogP contribution in [-0.4, -0.2) is 40.1 Å². The molecule has 0 bridgehead atoms. The second kappa shape index (κ2) is 7.62. The van der Waals surface area contributed by atoms with E-state index in [1.54, 1.807) is 0 Å². The maximum absolute atomic E-state index is 12.3. The normalized spacial score (nSPS) is 28.6. The molecule has 2 atom stereocenters. The highest BCUT2D eigenvalue weighted by Gasteiger charge is 2.35. The van der Waals surface area contributed by atoms with E-state index >= 15 is 0 Å². The molecule has 5 nitrogen and oxygen atoms in total. The Balaban J connectivity index is 1.91. The average Bonchev–Trinajstić information content (AvgIpc) is 2.45. The molecule has 0 aromatic carbocycles. The molecule has 0 saturated heterocycles. The molecule has 0 amide bonds. The minimum Gasteiger partial charge on any atom is -0.229 e. The van der Waals surface area contributed by atoms with E-state index in [1.165, 1.54) is 25.5 Å². The van der Waals surface area contributed by atoms with E-state index in [0.29, 0.717) is 25.2 Å². The molecule has 130 valence electrons. The molecule has 0 radical (unpaired) electrons. The van der Waals surface area contributed by atoms with Crippen LogP contribution in [0.2, 0.25) is 0 Å². The van der Waals surface area contributed by atoms with Crippen molar-refractivity contribution in [1.82, 2.24) is 4.72 Å². The number of sulfone groups is 1. The van der Waals surface area contributed by atoms with Crippen molar-refractivity contribution in [2.75, 3.05) is 12.0 Å². The van der Waals surface area contributed by atoms with Gasteiger partial charge in [0.2, 0.25) is 10.0 Å². The molecular formula is C15H29NO4S2. The van der Waals surface area contributed by atoms with Crippen molar-refractivity contribution in [1.29, 1.82) is 0 Å².